The van der Waals surface area contributed by atoms with Gasteiger partial charge in [0, 0.05) is 32.0 Å². The molecule has 1 aliphatic rings. The Hall–Kier alpha value is 0.350. The van der Waals surface area contributed by atoms with Crippen LogP contribution in [0.15, 0.2) is 0 Å². The Morgan fingerprint density at radius 3 is 2.40 bits per heavy atom. The maximum absolute atomic E-state index is 12.0. The molecule has 1 fully saturated rings. The molecule has 1 heterocycles. The Morgan fingerprint density at radius 1 is 1.27 bits per heavy atom. The van der Waals surface area contributed by atoms with Crippen LogP contribution in [0.4, 0.5) is 0 Å². The predicted octanol–water partition coefficient (Wildman–Crippen LogP) is 1.43. The number of nitrogens with zero attached hydrogens (tertiary/aromatic N) is 2. The van der Waals surface area contributed by atoms with Crippen molar-refractivity contribution in [2.45, 2.75) is 25.7 Å². The van der Waals surface area contributed by atoms with Crippen molar-refractivity contribution in [1.82, 2.24) is 8.61 Å². The first-order valence-corrected chi connectivity index (χ1v) is 7.88. The zero-order valence-electron chi connectivity index (χ0n) is 9.15. The number of hydrogen-bond donors (Lipinski definition) is 0. The molecule has 90 valence electrons. The summed E-state index contributed by atoms with van der Waals surface area (Å²) in [5.41, 5.74) is 0. The summed E-state index contributed by atoms with van der Waals surface area (Å²) in [6.45, 7) is 1.95. The van der Waals surface area contributed by atoms with E-state index in [9.17, 15) is 8.42 Å². The highest BCUT2D eigenvalue weighted by Crippen LogP contribution is 2.15. The first-order chi connectivity index (χ1) is 7.09. The van der Waals surface area contributed by atoms with Gasteiger partial charge in [-0.3, -0.25) is 0 Å². The molecule has 0 N–H and O–H groups in total. The van der Waals surface area contributed by atoms with Crippen molar-refractivity contribution in [1.29, 1.82) is 0 Å². The molecule has 0 saturated carbocycles. The van der Waals surface area contributed by atoms with Crippen LogP contribution in [0.3, 0.4) is 0 Å². The molecule has 1 saturated heterocycles. The number of rotatable bonds is 5. The minimum Gasteiger partial charge on any atom is -0.195 e. The molecule has 6 heteroatoms. The molecule has 0 aromatic heterocycles. The summed E-state index contributed by atoms with van der Waals surface area (Å²) in [6, 6.07) is 0. The Labute approximate surface area is 101 Å². The van der Waals surface area contributed by atoms with Crippen LogP contribution in [0.5, 0.6) is 0 Å². The SMILES string of the molecule is CN(CCCBr)S(=O)(=O)N1CCCCC1. The summed E-state index contributed by atoms with van der Waals surface area (Å²) in [5.74, 6) is 0. The van der Waals surface area contributed by atoms with E-state index < -0.39 is 10.2 Å². The highest BCUT2D eigenvalue weighted by molar-refractivity contribution is 9.09. The lowest BCUT2D eigenvalue weighted by Gasteiger charge is -2.30. The van der Waals surface area contributed by atoms with Gasteiger partial charge in [0.2, 0.25) is 0 Å². The average Bonchev–Trinajstić information content (AvgIpc) is 2.27. The second-order valence-corrected chi connectivity index (χ2v) is 6.66. The quantitative estimate of drug-likeness (QED) is 0.721. The molecule has 0 aromatic carbocycles. The predicted molar refractivity (Wildman–Crippen MR) is 65.4 cm³/mol. The normalized spacial score (nSPS) is 19.7. The van der Waals surface area contributed by atoms with Gasteiger partial charge in [-0.05, 0) is 19.3 Å². The molecular weight excluding hydrogens is 280 g/mol. The van der Waals surface area contributed by atoms with Gasteiger partial charge in [0.05, 0.1) is 0 Å². The molecule has 0 bridgehead atoms. The molecule has 0 spiro atoms. The van der Waals surface area contributed by atoms with E-state index in [2.05, 4.69) is 15.9 Å². The van der Waals surface area contributed by atoms with E-state index in [0.717, 1.165) is 31.0 Å². The van der Waals surface area contributed by atoms with Crippen molar-refractivity contribution in [2.75, 3.05) is 32.0 Å². The Kier molecular flexibility index (Phi) is 5.52. The Morgan fingerprint density at radius 2 is 1.87 bits per heavy atom. The van der Waals surface area contributed by atoms with Gasteiger partial charge in [0.25, 0.3) is 10.2 Å². The minimum absolute atomic E-state index is 0.587. The summed E-state index contributed by atoms with van der Waals surface area (Å²) < 4.78 is 27.1. The van der Waals surface area contributed by atoms with E-state index in [-0.39, 0.29) is 0 Å². The van der Waals surface area contributed by atoms with Gasteiger partial charge in [0.1, 0.15) is 0 Å². The molecule has 1 rings (SSSR count). The van der Waals surface area contributed by atoms with Crippen LogP contribution in [-0.4, -0.2) is 49.0 Å². The average molecular weight is 299 g/mol. The van der Waals surface area contributed by atoms with Crippen LogP contribution in [0.2, 0.25) is 0 Å². The highest BCUT2D eigenvalue weighted by atomic mass is 79.9. The van der Waals surface area contributed by atoms with Crippen LogP contribution in [0.1, 0.15) is 25.7 Å². The smallest absolute Gasteiger partial charge is 0.195 e. The number of halogens is 1. The maximum Gasteiger partial charge on any atom is 0.281 e. The third kappa shape index (κ3) is 3.69. The van der Waals surface area contributed by atoms with Crippen LogP contribution in [0, 0.1) is 0 Å². The topological polar surface area (TPSA) is 40.6 Å². The molecule has 0 atom stereocenters. The highest BCUT2D eigenvalue weighted by Gasteiger charge is 2.27. The number of alkyl halides is 1. The molecule has 15 heavy (non-hydrogen) atoms. The van der Waals surface area contributed by atoms with E-state index >= 15 is 0 Å². The summed E-state index contributed by atoms with van der Waals surface area (Å²) in [5, 5.41) is 0.840. The van der Waals surface area contributed by atoms with Gasteiger partial charge in [-0.15, -0.1) is 0 Å². The minimum atomic E-state index is -3.19. The summed E-state index contributed by atoms with van der Waals surface area (Å²) in [4.78, 5) is 0. The standard InChI is InChI=1S/C9H19BrN2O2S/c1-11(7-5-6-10)15(13,14)12-8-3-2-4-9-12/h2-9H2,1H3. The van der Waals surface area contributed by atoms with Crippen molar-refractivity contribution in [2.24, 2.45) is 0 Å². The lowest BCUT2D eigenvalue weighted by Crippen LogP contribution is -2.44. The molecule has 0 unspecified atom stereocenters. The van der Waals surface area contributed by atoms with Crippen molar-refractivity contribution in [3.05, 3.63) is 0 Å². The molecule has 1 aliphatic heterocycles. The van der Waals surface area contributed by atoms with Gasteiger partial charge in [-0.2, -0.15) is 17.0 Å². The van der Waals surface area contributed by atoms with Crippen LogP contribution in [-0.2, 0) is 10.2 Å². The fourth-order valence-electron chi connectivity index (χ4n) is 1.69. The summed E-state index contributed by atoms with van der Waals surface area (Å²) in [6.07, 6.45) is 3.98. The fraction of sp³-hybridized carbons (Fsp3) is 1.00. The monoisotopic (exact) mass is 298 g/mol. The second-order valence-electron chi connectivity index (χ2n) is 3.83. The maximum atomic E-state index is 12.0. The molecule has 4 nitrogen and oxygen atoms in total. The van der Waals surface area contributed by atoms with Crippen LogP contribution in [0.25, 0.3) is 0 Å². The fourth-order valence-corrected chi connectivity index (χ4v) is 3.41. The lowest BCUT2D eigenvalue weighted by molar-refractivity contribution is 0.316. The van der Waals surface area contributed by atoms with E-state index in [1.54, 1.807) is 11.4 Å². The first-order valence-electron chi connectivity index (χ1n) is 5.36. The van der Waals surface area contributed by atoms with E-state index in [0.29, 0.717) is 19.6 Å². The van der Waals surface area contributed by atoms with Crippen molar-refractivity contribution < 1.29 is 8.42 Å². The van der Waals surface area contributed by atoms with E-state index in [1.807, 2.05) is 0 Å². The zero-order valence-corrected chi connectivity index (χ0v) is 11.6. The van der Waals surface area contributed by atoms with Gasteiger partial charge in [0.15, 0.2) is 0 Å². The largest absolute Gasteiger partial charge is 0.281 e. The van der Waals surface area contributed by atoms with Crippen molar-refractivity contribution in [3.63, 3.8) is 0 Å². The number of piperidine rings is 1. The molecule has 0 aliphatic carbocycles. The molecular formula is C9H19BrN2O2S. The molecule has 0 aromatic rings. The number of hydrogen-bond acceptors (Lipinski definition) is 2. The van der Waals surface area contributed by atoms with Crippen molar-refractivity contribution >= 4 is 26.1 Å². The van der Waals surface area contributed by atoms with E-state index in [4.69, 9.17) is 0 Å². The first kappa shape index (κ1) is 13.4. The molecule has 0 radical (unpaired) electrons. The van der Waals surface area contributed by atoms with Crippen molar-refractivity contribution in [3.8, 4) is 0 Å². The zero-order chi connectivity index (χ0) is 11.3. The Bertz CT molecular complexity index is 276. The second kappa shape index (κ2) is 6.18. The van der Waals surface area contributed by atoms with Gasteiger partial charge in [-0.25, -0.2) is 0 Å². The molecule has 0 amide bonds. The third-order valence-electron chi connectivity index (χ3n) is 2.64. The van der Waals surface area contributed by atoms with Crippen LogP contribution >= 0.6 is 15.9 Å². The Balaban J connectivity index is 2.55. The van der Waals surface area contributed by atoms with E-state index in [1.165, 1.54) is 4.31 Å². The van der Waals surface area contributed by atoms with Gasteiger partial charge < -0.3 is 0 Å². The summed E-state index contributed by atoms with van der Waals surface area (Å²) in [7, 11) is -1.53. The third-order valence-corrected chi connectivity index (χ3v) is 5.19. The van der Waals surface area contributed by atoms with Crippen LogP contribution < -0.4 is 0 Å². The lowest BCUT2D eigenvalue weighted by atomic mass is 10.2. The summed E-state index contributed by atoms with van der Waals surface area (Å²) >= 11 is 3.31. The van der Waals surface area contributed by atoms with Gasteiger partial charge in [-0.1, -0.05) is 22.4 Å². The van der Waals surface area contributed by atoms with Gasteiger partial charge >= 0.3 is 0 Å².